The van der Waals surface area contributed by atoms with Crippen molar-refractivity contribution in [1.82, 2.24) is 24.8 Å². The normalized spacial score (nSPS) is 23.7. The number of halogens is 4. The van der Waals surface area contributed by atoms with Crippen molar-refractivity contribution in [1.29, 1.82) is 5.26 Å². The lowest BCUT2D eigenvalue weighted by atomic mass is 9.79. The molecular weight excluding hydrogens is 705 g/mol. The second-order valence-corrected chi connectivity index (χ2v) is 15.6. The lowest BCUT2D eigenvalue weighted by Crippen LogP contribution is -2.41. The first-order valence-corrected chi connectivity index (χ1v) is 18.7. The number of carbonyl (C=O) groups excluding carboxylic acids is 1. The third kappa shape index (κ3) is 5.35. The third-order valence-electron chi connectivity index (χ3n) is 11.6. The van der Waals surface area contributed by atoms with Crippen molar-refractivity contribution in [2.45, 2.75) is 76.6 Å². The average molecular weight is 742 g/mol. The number of nitrogens with one attached hydrogen (secondary N) is 1. The van der Waals surface area contributed by atoms with Crippen molar-refractivity contribution in [2.24, 2.45) is 11.8 Å². The van der Waals surface area contributed by atoms with Crippen LogP contribution in [0.15, 0.2) is 42.6 Å². The SMILES string of the molecule is Cc1cc(F)ncc1OC1CC(c2cc3c(C)nc4c(F)c(-c5cccc(Cl)c5Cl)c(CCC#N)cc4c3n2C2C3CNC2C3)N(C(=O)C2CC2)C1. The summed E-state index contributed by atoms with van der Waals surface area (Å²) in [6, 6.07) is 12.9. The number of pyridine rings is 2. The third-order valence-corrected chi connectivity index (χ3v) is 12.4. The number of rotatable bonds is 8. The molecule has 5 aliphatic rings. The quantitative estimate of drug-likeness (QED) is 0.160. The van der Waals surface area contributed by atoms with Gasteiger partial charge >= 0.3 is 0 Å². The molecule has 5 fully saturated rings. The summed E-state index contributed by atoms with van der Waals surface area (Å²) < 4.78 is 39.8. The maximum Gasteiger partial charge on any atom is 0.226 e. The lowest BCUT2D eigenvalue weighted by Gasteiger charge is -2.39. The lowest BCUT2D eigenvalue weighted by molar-refractivity contribution is -0.133. The van der Waals surface area contributed by atoms with Gasteiger partial charge in [-0.25, -0.2) is 14.4 Å². The number of carbonyl (C=O) groups is 1. The minimum absolute atomic E-state index is 0.00684. The van der Waals surface area contributed by atoms with Crippen molar-refractivity contribution in [2.75, 3.05) is 13.1 Å². The molecule has 1 N–H and O–H groups in total. The topological polar surface area (TPSA) is 96.1 Å². The molecule has 0 spiro atoms. The van der Waals surface area contributed by atoms with Gasteiger partial charge in [0.15, 0.2) is 5.82 Å². The number of fused-ring (bicyclic) bond motifs is 4. The average Bonchev–Trinajstić information content (AvgIpc) is 3.41. The van der Waals surface area contributed by atoms with Crippen LogP contribution in [0.2, 0.25) is 10.0 Å². The Hall–Kier alpha value is -4.30. The molecule has 5 aromatic rings. The Labute approximate surface area is 309 Å². The molecule has 1 amide bonds. The van der Waals surface area contributed by atoms with Gasteiger partial charge < -0.3 is 19.5 Å². The van der Waals surface area contributed by atoms with E-state index in [1.807, 2.05) is 17.9 Å². The molecule has 2 aliphatic carbocycles. The Bertz CT molecular complexity index is 2340. The first-order valence-electron chi connectivity index (χ1n) is 17.9. The molecule has 2 bridgehead atoms. The van der Waals surface area contributed by atoms with E-state index < -0.39 is 11.8 Å². The minimum Gasteiger partial charge on any atom is -0.487 e. The molecule has 10 rings (SSSR count). The van der Waals surface area contributed by atoms with Gasteiger partial charge in [-0.3, -0.25) is 4.79 Å². The van der Waals surface area contributed by atoms with Gasteiger partial charge in [0.1, 0.15) is 17.4 Å². The Morgan fingerprint density at radius 2 is 1.96 bits per heavy atom. The van der Waals surface area contributed by atoms with Gasteiger partial charge in [-0.05, 0) is 80.8 Å². The summed E-state index contributed by atoms with van der Waals surface area (Å²) in [5.74, 6) is -0.0957. The predicted octanol–water partition coefficient (Wildman–Crippen LogP) is 8.57. The maximum atomic E-state index is 17.2. The Kier molecular flexibility index (Phi) is 8.18. The molecule has 0 radical (unpaired) electrons. The summed E-state index contributed by atoms with van der Waals surface area (Å²) in [6.45, 7) is 4.96. The van der Waals surface area contributed by atoms with E-state index >= 15 is 4.39 Å². The molecular formula is C40H36Cl2F2N6O2. The number of ether oxygens (including phenoxy) is 1. The molecule has 266 valence electrons. The van der Waals surface area contributed by atoms with E-state index in [0.29, 0.717) is 69.4 Å². The zero-order chi connectivity index (χ0) is 36.0. The van der Waals surface area contributed by atoms with E-state index in [1.54, 1.807) is 25.1 Å². The fourth-order valence-electron chi connectivity index (χ4n) is 8.88. The van der Waals surface area contributed by atoms with E-state index in [1.165, 1.54) is 12.3 Å². The van der Waals surface area contributed by atoms with E-state index in [-0.39, 0.29) is 53.0 Å². The zero-order valence-corrected chi connectivity index (χ0v) is 30.2. The van der Waals surface area contributed by atoms with Gasteiger partial charge in [0.05, 0.1) is 46.5 Å². The first kappa shape index (κ1) is 33.5. The van der Waals surface area contributed by atoms with E-state index in [4.69, 9.17) is 32.9 Å². The van der Waals surface area contributed by atoms with Crippen molar-refractivity contribution < 1.29 is 18.3 Å². The summed E-state index contributed by atoms with van der Waals surface area (Å²) in [7, 11) is 0. The van der Waals surface area contributed by atoms with Crippen molar-refractivity contribution >= 4 is 50.9 Å². The van der Waals surface area contributed by atoms with Crippen LogP contribution in [0.3, 0.4) is 0 Å². The number of likely N-dealkylation sites (tertiary alicyclic amines) is 1. The monoisotopic (exact) mass is 740 g/mol. The Balaban J connectivity index is 1.25. The van der Waals surface area contributed by atoms with Gasteiger partial charge in [-0.2, -0.15) is 9.65 Å². The van der Waals surface area contributed by atoms with Crippen molar-refractivity contribution in [3.05, 3.63) is 86.9 Å². The number of nitrogens with zero attached hydrogens (tertiary/aromatic N) is 5. The molecule has 8 nitrogen and oxygen atoms in total. The standard InChI is InChI=1S/C40H36Cl2F2N6O2/c1-19-11-33(43)47-17-32(19)52-24-14-30(49(18-24)40(51)21-8-9-21)31-15-26-20(2)48-37-27(39(26)50(31)38-23-13-29(38)46-16-23)12-22(5-4-10-45)34(36(37)44)25-6-3-7-28(41)35(25)42/h3,6-7,11-12,15,17,21,23-24,29-30,38,46H,4-5,8-9,13-14,16,18H2,1-2H3. The summed E-state index contributed by atoms with van der Waals surface area (Å²) in [6.07, 6.45) is 4.88. The van der Waals surface area contributed by atoms with Crippen molar-refractivity contribution in [3.8, 4) is 22.9 Å². The second kappa shape index (κ2) is 12.7. The molecule has 12 heteroatoms. The smallest absolute Gasteiger partial charge is 0.226 e. The fourth-order valence-corrected chi connectivity index (χ4v) is 9.28. The molecule has 5 atom stereocenters. The van der Waals surface area contributed by atoms with Gasteiger partial charge in [-0.1, -0.05) is 35.3 Å². The van der Waals surface area contributed by atoms with E-state index in [0.717, 1.165) is 42.4 Å². The number of hydrogen-bond acceptors (Lipinski definition) is 6. The highest BCUT2D eigenvalue weighted by Gasteiger charge is 2.51. The highest BCUT2D eigenvalue weighted by atomic mass is 35.5. The van der Waals surface area contributed by atoms with Crippen LogP contribution in [0.4, 0.5) is 8.78 Å². The molecule has 6 heterocycles. The van der Waals surface area contributed by atoms with Crippen LogP contribution in [0, 0.1) is 48.8 Å². The number of aromatic nitrogens is 3. The number of aryl methyl sites for hydroxylation is 3. The minimum atomic E-state index is -0.570. The van der Waals surface area contributed by atoms with Gasteiger partial charge in [0.2, 0.25) is 11.9 Å². The van der Waals surface area contributed by atoms with Crippen LogP contribution in [0.25, 0.3) is 32.9 Å². The number of hydrogen-bond donors (Lipinski definition) is 1. The Morgan fingerprint density at radius 3 is 2.67 bits per heavy atom. The molecule has 5 unspecified atom stereocenters. The molecule has 52 heavy (non-hydrogen) atoms. The van der Waals surface area contributed by atoms with Crippen LogP contribution < -0.4 is 10.1 Å². The van der Waals surface area contributed by atoms with E-state index in [9.17, 15) is 14.4 Å². The highest BCUT2D eigenvalue weighted by Crippen LogP contribution is 2.51. The summed E-state index contributed by atoms with van der Waals surface area (Å²) in [4.78, 5) is 24.7. The van der Waals surface area contributed by atoms with Crippen molar-refractivity contribution in [3.63, 3.8) is 0 Å². The van der Waals surface area contributed by atoms with E-state index in [2.05, 4.69) is 27.0 Å². The van der Waals surface area contributed by atoms with Crippen LogP contribution in [0.5, 0.6) is 5.75 Å². The van der Waals surface area contributed by atoms with Crippen LogP contribution >= 0.6 is 23.2 Å². The fraction of sp³-hybridized carbons (Fsp3) is 0.400. The second-order valence-electron chi connectivity index (χ2n) is 14.8. The maximum absolute atomic E-state index is 17.2. The molecule has 3 aromatic heterocycles. The summed E-state index contributed by atoms with van der Waals surface area (Å²) in [5.41, 5.74) is 4.80. The summed E-state index contributed by atoms with van der Waals surface area (Å²) in [5, 5.41) is 15.4. The number of nitriles is 1. The van der Waals surface area contributed by atoms with Crippen LogP contribution in [0.1, 0.15) is 66.7 Å². The number of amides is 1. The van der Waals surface area contributed by atoms with Gasteiger partial charge in [0, 0.05) is 64.6 Å². The first-order chi connectivity index (χ1) is 25.1. The number of benzene rings is 2. The van der Waals surface area contributed by atoms with Gasteiger partial charge in [-0.15, -0.1) is 0 Å². The Morgan fingerprint density at radius 1 is 1.13 bits per heavy atom. The van der Waals surface area contributed by atoms with Gasteiger partial charge in [0.25, 0.3) is 0 Å². The molecule has 2 aromatic carbocycles. The zero-order valence-electron chi connectivity index (χ0n) is 28.7. The molecule has 2 saturated carbocycles. The van der Waals surface area contributed by atoms with Crippen LogP contribution in [-0.2, 0) is 11.2 Å². The molecule has 3 aliphatic heterocycles. The van der Waals surface area contributed by atoms with Crippen LogP contribution in [-0.4, -0.2) is 50.6 Å². The summed E-state index contributed by atoms with van der Waals surface area (Å²) >= 11 is 13.1. The largest absolute Gasteiger partial charge is 0.487 e. The highest BCUT2D eigenvalue weighted by molar-refractivity contribution is 6.43. The predicted molar refractivity (Wildman–Crippen MR) is 195 cm³/mol. The molecule has 3 saturated heterocycles.